The van der Waals surface area contributed by atoms with Crippen LogP contribution < -0.4 is 5.32 Å². The molecule has 1 aliphatic carbocycles. The van der Waals surface area contributed by atoms with Gasteiger partial charge in [0, 0.05) is 20.5 Å². The van der Waals surface area contributed by atoms with Gasteiger partial charge in [0.1, 0.15) is 5.82 Å². The molecule has 18 heavy (non-hydrogen) atoms. The van der Waals surface area contributed by atoms with Crippen molar-refractivity contribution in [2.24, 2.45) is 12.5 Å². The molecule has 6 heteroatoms. The Bertz CT molecular complexity index is 435. The lowest BCUT2D eigenvalue weighted by Gasteiger charge is -2.32. The number of anilines is 1. The molecule has 0 radical (unpaired) electrons. The van der Waals surface area contributed by atoms with Crippen molar-refractivity contribution in [1.82, 2.24) is 14.8 Å². The lowest BCUT2D eigenvalue weighted by molar-refractivity contribution is -0.151. The molecule has 2 N–H and O–H groups in total. The van der Waals surface area contributed by atoms with Crippen molar-refractivity contribution < 1.29 is 9.90 Å². The Hall–Kier alpha value is -1.59. The molecule has 0 atom stereocenters. The molecule has 0 saturated heterocycles. The van der Waals surface area contributed by atoms with Crippen LogP contribution in [0.5, 0.6) is 0 Å². The first kappa shape index (κ1) is 12.9. The number of aromatic nitrogens is 3. The second kappa shape index (κ2) is 4.96. The first-order chi connectivity index (χ1) is 8.59. The smallest absolute Gasteiger partial charge is 0.310 e. The van der Waals surface area contributed by atoms with E-state index in [2.05, 4.69) is 15.5 Å². The zero-order valence-electron chi connectivity index (χ0n) is 10.9. The van der Waals surface area contributed by atoms with Crippen molar-refractivity contribution in [2.45, 2.75) is 38.5 Å². The van der Waals surface area contributed by atoms with Gasteiger partial charge in [-0.2, -0.15) is 0 Å². The summed E-state index contributed by atoms with van der Waals surface area (Å²) in [6.07, 6.45) is 5.06. The highest BCUT2D eigenvalue weighted by Crippen LogP contribution is 2.39. The zero-order valence-corrected chi connectivity index (χ0v) is 10.9. The second-order valence-corrected chi connectivity index (χ2v) is 5.07. The summed E-state index contributed by atoms with van der Waals surface area (Å²) in [6, 6.07) is 0. The number of aliphatic carboxylic acids is 1. The molecular formula is C12H20N4O2. The Morgan fingerprint density at radius 2 is 2.06 bits per heavy atom. The van der Waals surface area contributed by atoms with Gasteiger partial charge < -0.3 is 15.0 Å². The van der Waals surface area contributed by atoms with E-state index in [4.69, 9.17) is 0 Å². The normalized spacial score (nSPS) is 18.6. The molecule has 0 bridgehead atoms. The molecule has 0 aromatic carbocycles. The van der Waals surface area contributed by atoms with Crippen LogP contribution in [0.2, 0.25) is 0 Å². The molecule has 1 heterocycles. The molecule has 0 amide bonds. The van der Waals surface area contributed by atoms with Crippen LogP contribution in [-0.4, -0.2) is 32.9 Å². The number of rotatable bonds is 4. The molecule has 1 aromatic rings. The highest BCUT2D eigenvalue weighted by Gasteiger charge is 2.40. The van der Waals surface area contributed by atoms with E-state index >= 15 is 0 Å². The molecule has 1 saturated carbocycles. The van der Waals surface area contributed by atoms with Gasteiger partial charge in [0.2, 0.25) is 5.95 Å². The second-order valence-electron chi connectivity index (χ2n) is 5.07. The largest absolute Gasteiger partial charge is 0.481 e. The van der Waals surface area contributed by atoms with Gasteiger partial charge in [-0.3, -0.25) is 4.79 Å². The predicted molar refractivity (Wildman–Crippen MR) is 67.4 cm³/mol. The molecule has 100 valence electrons. The van der Waals surface area contributed by atoms with Crippen LogP contribution >= 0.6 is 0 Å². The lowest BCUT2D eigenvalue weighted by atomic mass is 9.71. The topological polar surface area (TPSA) is 80.0 Å². The van der Waals surface area contributed by atoms with Gasteiger partial charge in [0.15, 0.2) is 0 Å². The summed E-state index contributed by atoms with van der Waals surface area (Å²) in [5.74, 6) is 0.709. The van der Waals surface area contributed by atoms with Gasteiger partial charge in [-0.1, -0.05) is 19.3 Å². The summed E-state index contributed by atoms with van der Waals surface area (Å²) in [5.41, 5.74) is -0.649. The number of hydrogen-bond acceptors (Lipinski definition) is 4. The maximum atomic E-state index is 11.6. The lowest BCUT2D eigenvalue weighted by Crippen LogP contribution is -2.36. The van der Waals surface area contributed by atoms with Gasteiger partial charge in [0.25, 0.3) is 0 Å². The number of nitrogens with zero attached hydrogens (tertiary/aromatic N) is 3. The Morgan fingerprint density at radius 1 is 1.39 bits per heavy atom. The average molecular weight is 252 g/mol. The third-order valence-corrected chi connectivity index (χ3v) is 3.95. The van der Waals surface area contributed by atoms with Gasteiger partial charge in [-0.25, -0.2) is 0 Å². The monoisotopic (exact) mass is 252 g/mol. The number of carbonyl (C=O) groups is 1. The quantitative estimate of drug-likeness (QED) is 0.847. The van der Waals surface area contributed by atoms with Crippen LogP contribution in [0.1, 0.15) is 37.9 Å². The Kier molecular flexibility index (Phi) is 3.54. The van der Waals surface area contributed by atoms with Crippen molar-refractivity contribution in [3.8, 4) is 0 Å². The first-order valence-electron chi connectivity index (χ1n) is 6.38. The molecule has 2 rings (SSSR count). The molecule has 1 fully saturated rings. The highest BCUT2D eigenvalue weighted by molar-refractivity contribution is 5.75. The van der Waals surface area contributed by atoms with Crippen LogP contribution in [0.15, 0.2) is 0 Å². The minimum atomic E-state index is -0.698. The van der Waals surface area contributed by atoms with E-state index in [1.165, 1.54) is 0 Å². The van der Waals surface area contributed by atoms with E-state index in [9.17, 15) is 9.90 Å². The zero-order chi connectivity index (χ0) is 13.2. The fourth-order valence-corrected chi connectivity index (χ4v) is 2.73. The van der Waals surface area contributed by atoms with Crippen LogP contribution in [0, 0.1) is 5.41 Å². The van der Waals surface area contributed by atoms with Crippen LogP contribution in [0.25, 0.3) is 0 Å². The van der Waals surface area contributed by atoms with E-state index in [0.29, 0.717) is 12.4 Å². The van der Waals surface area contributed by atoms with Gasteiger partial charge >= 0.3 is 5.97 Å². The summed E-state index contributed by atoms with van der Waals surface area (Å²) in [6.45, 7) is 0. The Labute approximate surface area is 106 Å². The molecule has 0 aliphatic heterocycles. The summed E-state index contributed by atoms with van der Waals surface area (Å²) in [7, 11) is 3.64. The first-order valence-corrected chi connectivity index (χ1v) is 6.38. The molecule has 6 nitrogen and oxygen atoms in total. The predicted octanol–water partition coefficient (Wildman–Crippen LogP) is 1.43. The number of nitrogens with one attached hydrogen (secondary N) is 1. The molecule has 1 aliphatic rings. The third-order valence-electron chi connectivity index (χ3n) is 3.95. The van der Waals surface area contributed by atoms with Crippen molar-refractivity contribution in [2.75, 3.05) is 12.4 Å². The van der Waals surface area contributed by atoms with Crippen molar-refractivity contribution in [3.05, 3.63) is 5.82 Å². The standard InChI is InChI=1S/C12H20N4O2/c1-13-11-15-14-9(16(11)2)8-12(10(17)18)6-4-3-5-7-12/h3-8H2,1-2H3,(H,13,15)(H,17,18). The van der Waals surface area contributed by atoms with E-state index < -0.39 is 11.4 Å². The molecule has 0 unspecified atom stereocenters. The number of carboxylic acids is 1. The Balaban J connectivity index is 2.23. The summed E-state index contributed by atoms with van der Waals surface area (Å²) in [4.78, 5) is 11.6. The average Bonchev–Trinajstić information content (AvgIpc) is 2.71. The van der Waals surface area contributed by atoms with Crippen molar-refractivity contribution >= 4 is 11.9 Å². The molecule has 0 spiro atoms. The number of hydrogen-bond donors (Lipinski definition) is 2. The van der Waals surface area contributed by atoms with Crippen LogP contribution in [0.3, 0.4) is 0 Å². The maximum Gasteiger partial charge on any atom is 0.310 e. The van der Waals surface area contributed by atoms with E-state index in [1.54, 1.807) is 7.05 Å². The van der Waals surface area contributed by atoms with E-state index in [0.717, 1.165) is 37.9 Å². The maximum absolute atomic E-state index is 11.6. The summed E-state index contributed by atoms with van der Waals surface area (Å²) in [5, 5.41) is 20.6. The van der Waals surface area contributed by atoms with Crippen molar-refractivity contribution in [1.29, 1.82) is 0 Å². The number of carboxylic acid groups (broad SMARTS) is 1. The highest BCUT2D eigenvalue weighted by atomic mass is 16.4. The van der Waals surface area contributed by atoms with Gasteiger partial charge in [-0.05, 0) is 12.8 Å². The fourth-order valence-electron chi connectivity index (χ4n) is 2.73. The minimum Gasteiger partial charge on any atom is -0.481 e. The van der Waals surface area contributed by atoms with Crippen LogP contribution in [0.4, 0.5) is 5.95 Å². The van der Waals surface area contributed by atoms with Gasteiger partial charge in [-0.15, -0.1) is 10.2 Å². The fraction of sp³-hybridized carbons (Fsp3) is 0.750. The SMILES string of the molecule is CNc1nnc(CC2(C(=O)O)CCCCC2)n1C. The van der Waals surface area contributed by atoms with Crippen LogP contribution in [-0.2, 0) is 18.3 Å². The van der Waals surface area contributed by atoms with E-state index in [-0.39, 0.29) is 0 Å². The minimum absolute atomic E-state index is 0.466. The molecule has 1 aromatic heterocycles. The Morgan fingerprint density at radius 3 is 2.56 bits per heavy atom. The summed E-state index contributed by atoms with van der Waals surface area (Å²) >= 11 is 0. The van der Waals surface area contributed by atoms with Crippen molar-refractivity contribution in [3.63, 3.8) is 0 Å². The summed E-state index contributed by atoms with van der Waals surface area (Å²) < 4.78 is 1.83. The van der Waals surface area contributed by atoms with Gasteiger partial charge in [0.05, 0.1) is 5.41 Å². The van der Waals surface area contributed by atoms with E-state index in [1.807, 2.05) is 11.6 Å². The third kappa shape index (κ3) is 2.19. The molecular weight excluding hydrogens is 232 g/mol.